The molecule has 6 heteroatoms. The number of aryl methyl sites for hydroxylation is 1. The molecule has 3 aromatic rings. The zero-order valence-electron chi connectivity index (χ0n) is 15.8. The third-order valence-corrected chi connectivity index (χ3v) is 5.26. The number of anilines is 1. The Morgan fingerprint density at radius 1 is 1.19 bits per heavy atom. The number of thioether (sulfide) groups is 1. The summed E-state index contributed by atoms with van der Waals surface area (Å²) < 4.78 is 7.18. The first kappa shape index (κ1) is 19.0. The Hall–Kier alpha value is -2.73. The van der Waals surface area contributed by atoms with Gasteiger partial charge in [-0.05, 0) is 49.7 Å². The monoisotopic (exact) mass is 381 g/mol. The summed E-state index contributed by atoms with van der Waals surface area (Å²) >= 11 is 1.44. The van der Waals surface area contributed by atoms with E-state index in [0.717, 1.165) is 27.8 Å². The number of carbonyl (C=O) groups excluding carboxylic acids is 1. The van der Waals surface area contributed by atoms with E-state index in [1.165, 1.54) is 11.8 Å². The number of nitrogens with zero attached hydrogens (tertiary/aromatic N) is 3. The van der Waals surface area contributed by atoms with Crippen LogP contribution in [0.3, 0.4) is 0 Å². The van der Waals surface area contributed by atoms with Crippen LogP contribution >= 0.6 is 11.8 Å². The van der Waals surface area contributed by atoms with Crippen molar-refractivity contribution in [2.75, 3.05) is 24.3 Å². The molecule has 1 aromatic heterocycles. The quantitative estimate of drug-likeness (QED) is 0.572. The number of carbonyl (C=O) groups is 1. The summed E-state index contributed by atoms with van der Waals surface area (Å²) in [7, 11) is 1.65. The first-order valence-corrected chi connectivity index (χ1v) is 9.79. The van der Waals surface area contributed by atoms with Crippen LogP contribution in [0.2, 0.25) is 0 Å². The highest BCUT2D eigenvalue weighted by Gasteiger charge is 2.17. The summed E-state index contributed by atoms with van der Waals surface area (Å²) in [6.45, 7) is 4.65. The van der Waals surface area contributed by atoms with Gasteiger partial charge < -0.3 is 9.64 Å². The fourth-order valence-corrected chi connectivity index (χ4v) is 3.74. The van der Waals surface area contributed by atoms with Crippen molar-refractivity contribution in [1.29, 1.82) is 0 Å². The van der Waals surface area contributed by atoms with Crippen molar-refractivity contribution in [3.63, 3.8) is 0 Å². The van der Waals surface area contributed by atoms with Crippen molar-refractivity contribution < 1.29 is 9.53 Å². The van der Waals surface area contributed by atoms with Gasteiger partial charge in [0, 0.05) is 30.3 Å². The molecule has 140 valence electrons. The number of hydrogen-bond donors (Lipinski definition) is 0. The van der Waals surface area contributed by atoms with E-state index in [-0.39, 0.29) is 5.91 Å². The molecule has 1 amide bonds. The Bertz CT molecular complexity index is 906. The van der Waals surface area contributed by atoms with Gasteiger partial charge in [0.25, 0.3) is 0 Å². The second-order valence-corrected chi connectivity index (χ2v) is 6.93. The predicted molar refractivity (Wildman–Crippen MR) is 110 cm³/mol. The second-order valence-electron chi connectivity index (χ2n) is 5.99. The summed E-state index contributed by atoms with van der Waals surface area (Å²) in [4.78, 5) is 19.0. The molecule has 0 radical (unpaired) electrons. The highest BCUT2D eigenvalue weighted by molar-refractivity contribution is 7.99. The fourth-order valence-electron chi connectivity index (χ4n) is 2.89. The number of benzene rings is 2. The topological polar surface area (TPSA) is 47.4 Å². The minimum Gasteiger partial charge on any atom is -0.497 e. The molecular formula is C21H23N3O2S. The highest BCUT2D eigenvalue weighted by atomic mass is 32.2. The minimum atomic E-state index is 0.0704. The Balaban J connectivity index is 1.72. The van der Waals surface area contributed by atoms with Crippen LogP contribution in [0.5, 0.6) is 5.75 Å². The molecule has 0 aliphatic rings. The van der Waals surface area contributed by atoms with Crippen LogP contribution in [0.25, 0.3) is 5.69 Å². The van der Waals surface area contributed by atoms with Crippen LogP contribution < -0.4 is 9.64 Å². The van der Waals surface area contributed by atoms with Crippen molar-refractivity contribution in [1.82, 2.24) is 9.55 Å². The van der Waals surface area contributed by atoms with E-state index < -0.39 is 0 Å². The number of rotatable bonds is 7. The Labute approximate surface area is 164 Å². The van der Waals surface area contributed by atoms with E-state index in [9.17, 15) is 4.79 Å². The van der Waals surface area contributed by atoms with Crippen molar-refractivity contribution in [2.45, 2.75) is 19.0 Å². The molecule has 0 fully saturated rings. The standard InChI is InChI=1S/C21H23N3O2S/c1-4-23(19-8-6-5-7-16(19)2)20(25)15-27-21-22-13-14-24(21)17-9-11-18(26-3)12-10-17/h5-14H,4,15H2,1-3H3. The number of aromatic nitrogens is 2. The summed E-state index contributed by atoms with van der Waals surface area (Å²) in [5.74, 6) is 1.20. The van der Waals surface area contributed by atoms with Crippen molar-refractivity contribution in [2.24, 2.45) is 0 Å². The maximum absolute atomic E-state index is 12.8. The first-order chi connectivity index (χ1) is 13.1. The molecule has 0 atom stereocenters. The molecule has 27 heavy (non-hydrogen) atoms. The van der Waals surface area contributed by atoms with E-state index in [1.807, 2.05) is 78.0 Å². The Morgan fingerprint density at radius 3 is 2.59 bits per heavy atom. The van der Waals surface area contributed by atoms with Crippen molar-refractivity contribution in [3.05, 3.63) is 66.5 Å². The average molecular weight is 382 g/mol. The van der Waals surface area contributed by atoms with Gasteiger partial charge in [0.2, 0.25) is 5.91 Å². The molecular weight excluding hydrogens is 358 g/mol. The summed E-state index contributed by atoms with van der Waals surface area (Å²) in [6, 6.07) is 15.7. The molecule has 5 nitrogen and oxygen atoms in total. The zero-order valence-corrected chi connectivity index (χ0v) is 16.6. The number of para-hydroxylation sites is 1. The van der Waals surface area contributed by atoms with E-state index in [0.29, 0.717) is 12.3 Å². The average Bonchev–Trinajstić information content (AvgIpc) is 3.17. The molecule has 0 aliphatic carbocycles. The largest absolute Gasteiger partial charge is 0.497 e. The Kier molecular flexibility index (Phi) is 6.19. The number of methoxy groups -OCH3 is 1. The summed E-state index contributed by atoms with van der Waals surface area (Å²) in [5, 5.41) is 0.786. The van der Waals surface area contributed by atoms with Crippen LogP contribution in [-0.2, 0) is 4.79 Å². The van der Waals surface area contributed by atoms with Crippen LogP contribution in [-0.4, -0.2) is 34.9 Å². The molecule has 1 heterocycles. The maximum atomic E-state index is 12.8. The van der Waals surface area contributed by atoms with E-state index >= 15 is 0 Å². The van der Waals surface area contributed by atoms with Gasteiger partial charge in [0.1, 0.15) is 5.75 Å². The lowest BCUT2D eigenvalue weighted by Crippen LogP contribution is -2.32. The van der Waals surface area contributed by atoms with Crippen molar-refractivity contribution in [3.8, 4) is 11.4 Å². The molecule has 0 saturated carbocycles. The highest BCUT2D eigenvalue weighted by Crippen LogP contribution is 2.24. The molecule has 0 N–H and O–H groups in total. The van der Waals surface area contributed by atoms with Gasteiger partial charge in [-0.1, -0.05) is 30.0 Å². The number of hydrogen-bond acceptors (Lipinski definition) is 4. The molecule has 2 aromatic carbocycles. The minimum absolute atomic E-state index is 0.0704. The third-order valence-electron chi connectivity index (χ3n) is 4.31. The predicted octanol–water partition coefficient (Wildman–Crippen LogP) is 4.33. The van der Waals surface area contributed by atoms with Gasteiger partial charge in [0.05, 0.1) is 12.9 Å². The van der Waals surface area contributed by atoms with Gasteiger partial charge in [-0.3, -0.25) is 9.36 Å². The van der Waals surface area contributed by atoms with Crippen LogP contribution in [0.1, 0.15) is 12.5 Å². The van der Waals surface area contributed by atoms with E-state index in [4.69, 9.17) is 4.74 Å². The summed E-state index contributed by atoms with van der Waals surface area (Å²) in [5.41, 5.74) is 3.04. The normalized spacial score (nSPS) is 10.6. The van der Waals surface area contributed by atoms with Gasteiger partial charge in [-0.2, -0.15) is 0 Å². The van der Waals surface area contributed by atoms with E-state index in [2.05, 4.69) is 4.98 Å². The van der Waals surface area contributed by atoms with Gasteiger partial charge in [0.15, 0.2) is 5.16 Å². The lowest BCUT2D eigenvalue weighted by Gasteiger charge is -2.22. The SMILES string of the molecule is CCN(C(=O)CSc1nccn1-c1ccc(OC)cc1)c1ccccc1C. The van der Waals surface area contributed by atoms with Gasteiger partial charge in [-0.25, -0.2) is 4.98 Å². The second kappa shape index (κ2) is 8.77. The smallest absolute Gasteiger partial charge is 0.237 e. The number of amides is 1. The number of ether oxygens (including phenoxy) is 1. The number of imidazole rings is 1. The van der Waals surface area contributed by atoms with E-state index in [1.54, 1.807) is 13.3 Å². The first-order valence-electron chi connectivity index (χ1n) is 8.80. The molecule has 0 spiro atoms. The lowest BCUT2D eigenvalue weighted by molar-refractivity contribution is -0.116. The van der Waals surface area contributed by atoms with Crippen LogP contribution in [0.15, 0.2) is 66.1 Å². The van der Waals surface area contributed by atoms with Crippen LogP contribution in [0, 0.1) is 6.92 Å². The fraction of sp³-hybridized carbons (Fsp3) is 0.238. The molecule has 3 rings (SSSR count). The van der Waals surface area contributed by atoms with Crippen LogP contribution in [0.4, 0.5) is 5.69 Å². The maximum Gasteiger partial charge on any atom is 0.237 e. The molecule has 0 aliphatic heterocycles. The summed E-state index contributed by atoms with van der Waals surface area (Å²) in [6.07, 6.45) is 3.64. The molecule has 0 unspecified atom stereocenters. The van der Waals surface area contributed by atoms with Crippen molar-refractivity contribution >= 4 is 23.4 Å². The Morgan fingerprint density at radius 2 is 1.93 bits per heavy atom. The molecule has 0 saturated heterocycles. The zero-order chi connectivity index (χ0) is 19.2. The molecule has 0 bridgehead atoms. The van der Waals surface area contributed by atoms with Gasteiger partial charge in [-0.15, -0.1) is 0 Å². The lowest BCUT2D eigenvalue weighted by atomic mass is 10.2. The third kappa shape index (κ3) is 4.34. The van der Waals surface area contributed by atoms with Gasteiger partial charge >= 0.3 is 0 Å².